The van der Waals surface area contributed by atoms with Crippen molar-refractivity contribution >= 4 is 23.4 Å². The number of carbonyl (C=O) groups excluding carboxylic acids is 1. The van der Waals surface area contributed by atoms with Gasteiger partial charge in [-0.3, -0.25) is 10.2 Å². The maximum Gasteiger partial charge on any atom is 0.328 e. The molecule has 0 saturated heterocycles. The SMILES string of the molecule is O=C(Nc1ccccn1)N1CCCNc2ccc(-c3cc(F)cc(F)c3)nc21. The van der Waals surface area contributed by atoms with Crippen LogP contribution in [0.5, 0.6) is 0 Å². The Kier molecular flexibility index (Phi) is 4.84. The lowest BCUT2D eigenvalue weighted by Crippen LogP contribution is -2.36. The molecule has 3 heterocycles. The number of fused-ring (bicyclic) bond motifs is 1. The molecule has 0 aliphatic carbocycles. The number of carbonyl (C=O) groups is 1. The summed E-state index contributed by atoms with van der Waals surface area (Å²) in [7, 11) is 0. The molecular weight excluding hydrogens is 364 g/mol. The van der Waals surface area contributed by atoms with Gasteiger partial charge in [-0.1, -0.05) is 6.07 Å². The first kappa shape index (κ1) is 17.8. The third-order valence-electron chi connectivity index (χ3n) is 4.31. The van der Waals surface area contributed by atoms with Crippen molar-refractivity contribution in [2.75, 3.05) is 28.6 Å². The van der Waals surface area contributed by atoms with Gasteiger partial charge in [0.15, 0.2) is 5.82 Å². The third kappa shape index (κ3) is 3.75. The summed E-state index contributed by atoms with van der Waals surface area (Å²) in [5.41, 5.74) is 1.35. The number of hydrogen-bond donors (Lipinski definition) is 2. The van der Waals surface area contributed by atoms with Gasteiger partial charge in [-0.15, -0.1) is 0 Å². The first-order valence-electron chi connectivity index (χ1n) is 8.81. The monoisotopic (exact) mass is 381 g/mol. The van der Waals surface area contributed by atoms with Crippen molar-refractivity contribution in [3.05, 3.63) is 66.4 Å². The Morgan fingerprint density at radius 1 is 1.11 bits per heavy atom. The largest absolute Gasteiger partial charge is 0.382 e. The van der Waals surface area contributed by atoms with Crippen LogP contribution in [-0.4, -0.2) is 29.1 Å². The highest BCUT2D eigenvalue weighted by atomic mass is 19.1. The molecule has 0 spiro atoms. The molecule has 0 bridgehead atoms. The molecule has 1 aromatic carbocycles. The van der Waals surface area contributed by atoms with Gasteiger partial charge in [0.1, 0.15) is 17.5 Å². The van der Waals surface area contributed by atoms with E-state index in [0.29, 0.717) is 41.7 Å². The van der Waals surface area contributed by atoms with Crippen LogP contribution >= 0.6 is 0 Å². The van der Waals surface area contributed by atoms with Gasteiger partial charge in [0.05, 0.1) is 11.4 Å². The summed E-state index contributed by atoms with van der Waals surface area (Å²) < 4.78 is 27.2. The van der Waals surface area contributed by atoms with Gasteiger partial charge in [-0.2, -0.15) is 0 Å². The Bertz CT molecular complexity index is 992. The summed E-state index contributed by atoms with van der Waals surface area (Å²) in [6.45, 7) is 1.11. The fourth-order valence-corrected chi connectivity index (χ4v) is 3.03. The standard InChI is InChI=1S/C20H17F2N5O/c21-14-10-13(11-15(22)12-14)16-5-6-17-19(25-16)27(9-3-8-23-17)20(28)26-18-4-1-2-7-24-18/h1-2,4-7,10-12,23H,3,8-9H2,(H,24,26,28). The average molecular weight is 381 g/mol. The number of rotatable bonds is 2. The number of aromatic nitrogens is 2. The smallest absolute Gasteiger partial charge is 0.328 e. The topological polar surface area (TPSA) is 70.2 Å². The summed E-state index contributed by atoms with van der Waals surface area (Å²) in [6, 6.07) is 11.5. The molecule has 0 unspecified atom stereocenters. The van der Waals surface area contributed by atoms with Crippen molar-refractivity contribution in [3.63, 3.8) is 0 Å². The first-order chi connectivity index (χ1) is 13.6. The van der Waals surface area contributed by atoms with E-state index in [2.05, 4.69) is 20.6 Å². The van der Waals surface area contributed by atoms with Crippen LogP contribution in [0.15, 0.2) is 54.7 Å². The highest BCUT2D eigenvalue weighted by Gasteiger charge is 2.23. The second-order valence-corrected chi connectivity index (χ2v) is 6.30. The Hall–Kier alpha value is -3.55. The second kappa shape index (κ2) is 7.59. The summed E-state index contributed by atoms with van der Waals surface area (Å²) >= 11 is 0. The minimum Gasteiger partial charge on any atom is -0.382 e. The lowest BCUT2D eigenvalue weighted by molar-refractivity contribution is 0.256. The van der Waals surface area contributed by atoms with E-state index < -0.39 is 11.6 Å². The lowest BCUT2D eigenvalue weighted by atomic mass is 10.1. The average Bonchev–Trinajstić information content (AvgIpc) is 2.90. The van der Waals surface area contributed by atoms with Gasteiger partial charge in [0.2, 0.25) is 0 Å². The van der Waals surface area contributed by atoms with E-state index in [9.17, 15) is 13.6 Å². The second-order valence-electron chi connectivity index (χ2n) is 6.30. The summed E-state index contributed by atoms with van der Waals surface area (Å²) in [6.07, 6.45) is 2.30. The zero-order valence-corrected chi connectivity index (χ0v) is 14.8. The minimum absolute atomic E-state index is 0.301. The van der Waals surface area contributed by atoms with Crippen LogP contribution in [0.25, 0.3) is 11.3 Å². The predicted octanol–water partition coefficient (Wildman–Crippen LogP) is 4.28. The fraction of sp³-hybridized carbons (Fsp3) is 0.150. The van der Waals surface area contributed by atoms with Crippen molar-refractivity contribution in [2.24, 2.45) is 0 Å². The molecule has 0 atom stereocenters. The molecule has 2 amide bonds. The molecule has 4 rings (SSSR count). The molecule has 1 aliphatic rings. The van der Waals surface area contributed by atoms with Gasteiger partial charge < -0.3 is 5.32 Å². The molecule has 2 aromatic heterocycles. The van der Waals surface area contributed by atoms with E-state index >= 15 is 0 Å². The lowest BCUT2D eigenvalue weighted by Gasteiger charge is -2.22. The van der Waals surface area contributed by atoms with Crippen LogP contribution in [-0.2, 0) is 0 Å². The number of nitrogens with one attached hydrogen (secondary N) is 2. The van der Waals surface area contributed by atoms with Crippen LogP contribution in [0.2, 0.25) is 0 Å². The maximum atomic E-state index is 13.6. The number of anilines is 3. The zero-order valence-electron chi connectivity index (χ0n) is 14.8. The molecule has 8 heteroatoms. The molecule has 28 heavy (non-hydrogen) atoms. The molecule has 142 valence electrons. The van der Waals surface area contributed by atoms with Crippen LogP contribution < -0.4 is 15.5 Å². The van der Waals surface area contributed by atoms with Crippen molar-refractivity contribution in [1.29, 1.82) is 0 Å². The van der Waals surface area contributed by atoms with Crippen molar-refractivity contribution < 1.29 is 13.6 Å². The minimum atomic E-state index is -0.686. The van der Waals surface area contributed by atoms with E-state index in [1.807, 2.05) is 0 Å². The Morgan fingerprint density at radius 3 is 2.68 bits per heavy atom. The fourth-order valence-electron chi connectivity index (χ4n) is 3.03. The van der Waals surface area contributed by atoms with Gasteiger partial charge in [-0.05, 0) is 42.8 Å². The highest BCUT2D eigenvalue weighted by molar-refractivity contribution is 6.02. The van der Waals surface area contributed by atoms with Crippen LogP contribution in [0.3, 0.4) is 0 Å². The third-order valence-corrected chi connectivity index (χ3v) is 4.31. The Morgan fingerprint density at radius 2 is 1.93 bits per heavy atom. The number of benzene rings is 1. The van der Waals surface area contributed by atoms with Gasteiger partial charge in [0.25, 0.3) is 0 Å². The number of hydrogen-bond acceptors (Lipinski definition) is 4. The van der Waals surface area contributed by atoms with E-state index in [1.54, 1.807) is 36.5 Å². The first-order valence-corrected chi connectivity index (χ1v) is 8.81. The number of halogens is 2. The molecule has 0 saturated carbocycles. The number of pyridine rings is 2. The maximum absolute atomic E-state index is 13.6. The predicted molar refractivity (Wildman–Crippen MR) is 103 cm³/mol. The van der Waals surface area contributed by atoms with Crippen molar-refractivity contribution in [3.8, 4) is 11.3 Å². The van der Waals surface area contributed by atoms with Gasteiger partial charge >= 0.3 is 6.03 Å². The molecule has 3 aromatic rings. The highest BCUT2D eigenvalue weighted by Crippen LogP contribution is 2.31. The van der Waals surface area contributed by atoms with Crippen LogP contribution in [0, 0.1) is 11.6 Å². The normalized spacial score (nSPS) is 13.3. The van der Waals surface area contributed by atoms with E-state index in [0.717, 1.165) is 12.5 Å². The molecule has 1 aliphatic heterocycles. The van der Waals surface area contributed by atoms with Crippen molar-refractivity contribution in [1.82, 2.24) is 9.97 Å². The van der Waals surface area contributed by atoms with Crippen molar-refractivity contribution in [2.45, 2.75) is 6.42 Å². The Balaban J connectivity index is 1.70. The molecule has 0 radical (unpaired) electrons. The van der Waals surface area contributed by atoms with Crippen LogP contribution in [0.1, 0.15) is 6.42 Å². The Labute approximate surface area is 160 Å². The van der Waals surface area contributed by atoms with E-state index in [4.69, 9.17) is 0 Å². The zero-order chi connectivity index (χ0) is 19.5. The molecule has 6 nitrogen and oxygen atoms in total. The van der Waals surface area contributed by atoms with Gasteiger partial charge in [0, 0.05) is 30.9 Å². The number of amides is 2. The van der Waals surface area contributed by atoms with Gasteiger partial charge in [-0.25, -0.2) is 23.5 Å². The number of nitrogens with zero attached hydrogens (tertiary/aromatic N) is 3. The summed E-state index contributed by atoms with van der Waals surface area (Å²) in [5, 5.41) is 5.97. The molecule has 0 fully saturated rings. The molecule has 2 N–H and O–H groups in total. The molecular formula is C20H17F2N5O. The quantitative estimate of drug-likeness (QED) is 0.695. The van der Waals surface area contributed by atoms with E-state index in [1.165, 1.54) is 17.0 Å². The summed E-state index contributed by atoms with van der Waals surface area (Å²) in [4.78, 5) is 22.9. The number of urea groups is 1. The van der Waals surface area contributed by atoms with E-state index in [-0.39, 0.29) is 6.03 Å². The van der Waals surface area contributed by atoms with Crippen LogP contribution in [0.4, 0.5) is 30.9 Å². The summed E-state index contributed by atoms with van der Waals surface area (Å²) in [5.74, 6) is -0.549.